The number of carbonyl (C=O) groups excluding carboxylic acids is 3. The molecule has 2 aromatic rings. The molecule has 3 amide bonds. The minimum absolute atomic E-state index is 0.0443. The van der Waals surface area contributed by atoms with Gasteiger partial charge in [-0.3, -0.25) is 14.4 Å². The topological polar surface area (TPSA) is 87.3 Å². The van der Waals surface area contributed by atoms with Crippen molar-refractivity contribution in [3.8, 4) is 0 Å². The van der Waals surface area contributed by atoms with Crippen molar-refractivity contribution >= 4 is 34.8 Å². The summed E-state index contributed by atoms with van der Waals surface area (Å²) in [5.74, 6) is -1.65. The van der Waals surface area contributed by atoms with E-state index in [0.717, 1.165) is 6.07 Å². The predicted molar refractivity (Wildman–Crippen MR) is 89.4 cm³/mol. The van der Waals surface area contributed by atoms with Gasteiger partial charge in [0.2, 0.25) is 11.8 Å². The van der Waals surface area contributed by atoms with Crippen LogP contribution in [0.4, 0.5) is 21.5 Å². The zero-order valence-corrected chi connectivity index (χ0v) is 13.1. The molecule has 6 nitrogen and oxygen atoms in total. The molecule has 0 saturated carbocycles. The number of hydrogen-bond donors (Lipinski definition) is 3. The number of halogens is 1. The van der Waals surface area contributed by atoms with Crippen LogP contribution in [-0.4, -0.2) is 17.7 Å². The lowest BCUT2D eigenvalue weighted by atomic mass is 10.2. The molecule has 2 rings (SSSR count). The van der Waals surface area contributed by atoms with E-state index in [0.29, 0.717) is 16.9 Å². The number of amides is 3. The fraction of sp³-hybridized carbons (Fsp3) is 0.118. The number of carbonyl (C=O) groups is 3. The van der Waals surface area contributed by atoms with Gasteiger partial charge in [0.15, 0.2) is 0 Å². The minimum Gasteiger partial charge on any atom is -0.326 e. The molecule has 0 bridgehead atoms. The maximum atomic E-state index is 13.8. The number of hydrogen-bond acceptors (Lipinski definition) is 3. The molecule has 3 N–H and O–H groups in total. The second kappa shape index (κ2) is 7.36. The molecule has 0 aliphatic carbocycles. The van der Waals surface area contributed by atoms with Crippen LogP contribution in [0.25, 0.3) is 0 Å². The van der Waals surface area contributed by atoms with Crippen LogP contribution in [0.15, 0.2) is 42.5 Å². The minimum atomic E-state index is -0.618. The molecule has 0 aliphatic rings. The Labute approximate surface area is 138 Å². The number of anilines is 3. The molecule has 0 unspecified atom stereocenters. The van der Waals surface area contributed by atoms with E-state index >= 15 is 0 Å². The van der Waals surface area contributed by atoms with Gasteiger partial charge in [-0.1, -0.05) is 0 Å². The molecule has 0 atom stereocenters. The van der Waals surface area contributed by atoms with Crippen molar-refractivity contribution in [3.05, 3.63) is 53.8 Å². The third kappa shape index (κ3) is 4.64. The Morgan fingerprint density at radius 2 is 1.33 bits per heavy atom. The van der Waals surface area contributed by atoms with Gasteiger partial charge >= 0.3 is 0 Å². The van der Waals surface area contributed by atoms with E-state index in [9.17, 15) is 18.8 Å². The average molecular weight is 329 g/mol. The summed E-state index contributed by atoms with van der Waals surface area (Å²) in [4.78, 5) is 34.2. The second-order valence-electron chi connectivity index (χ2n) is 5.09. The molecule has 0 spiro atoms. The van der Waals surface area contributed by atoms with Crippen molar-refractivity contribution in [1.29, 1.82) is 0 Å². The molecule has 124 valence electrons. The van der Waals surface area contributed by atoms with E-state index in [1.54, 1.807) is 12.1 Å². The quantitative estimate of drug-likeness (QED) is 0.806. The molecule has 0 fully saturated rings. The SMILES string of the molecule is CC(=O)Nc1ccc(C(=O)Nc2cc(NC(C)=O)ccc2F)cc1. The van der Waals surface area contributed by atoms with E-state index < -0.39 is 11.7 Å². The van der Waals surface area contributed by atoms with Crippen molar-refractivity contribution in [2.75, 3.05) is 16.0 Å². The average Bonchev–Trinajstić information content (AvgIpc) is 2.50. The Hall–Kier alpha value is -3.22. The maximum absolute atomic E-state index is 13.8. The normalized spacial score (nSPS) is 9.96. The first-order valence-corrected chi connectivity index (χ1v) is 7.11. The van der Waals surface area contributed by atoms with Crippen molar-refractivity contribution in [2.24, 2.45) is 0 Å². The number of nitrogens with one attached hydrogen (secondary N) is 3. The largest absolute Gasteiger partial charge is 0.326 e. The van der Waals surface area contributed by atoms with Gasteiger partial charge in [0, 0.05) is 30.8 Å². The second-order valence-corrected chi connectivity index (χ2v) is 5.09. The van der Waals surface area contributed by atoms with Crippen LogP contribution in [0.5, 0.6) is 0 Å². The van der Waals surface area contributed by atoms with Gasteiger partial charge in [0.25, 0.3) is 5.91 Å². The van der Waals surface area contributed by atoms with E-state index in [1.807, 2.05) is 0 Å². The molecular weight excluding hydrogens is 313 g/mol. The molecule has 0 aliphatic heterocycles. The molecule has 7 heteroatoms. The summed E-state index contributed by atoms with van der Waals surface area (Å²) in [6, 6.07) is 10.0. The lowest BCUT2D eigenvalue weighted by molar-refractivity contribution is -0.115. The molecule has 2 aromatic carbocycles. The summed E-state index contributed by atoms with van der Waals surface area (Å²) in [7, 11) is 0. The maximum Gasteiger partial charge on any atom is 0.255 e. The fourth-order valence-electron chi connectivity index (χ4n) is 2.00. The van der Waals surface area contributed by atoms with Gasteiger partial charge in [0.05, 0.1) is 5.69 Å². The van der Waals surface area contributed by atoms with Gasteiger partial charge in [-0.15, -0.1) is 0 Å². The van der Waals surface area contributed by atoms with Crippen molar-refractivity contribution in [1.82, 2.24) is 0 Å². The smallest absolute Gasteiger partial charge is 0.255 e. The highest BCUT2D eigenvalue weighted by atomic mass is 19.1. The molecule has 0 saturated heterocycles. The van der Waals surface area contributed by atoms with Crippen LogP contribution in [-0.2, 0) is 9.59 Å². The Morgan fingerprint density at radius 1 is 0.792 bits per heavy atom. The first-order valence-electron chi connectivity index (χ1n) is 7.11. The van der Waals surface area contributed by atoms with Crippen LogP contribution in [0.1, 0.15) is 24.2 Å². The van der Waals surface area contributed by atoms with Gasteiger partial charge in [-0.05, 0) is 42.5 Å². The fourth-order valence-corrected chi connectivity index (χ4v) is 2.00. The van der Waals surface area contributed by atoms with Crippen molar-refractivity contribution in [3.63, 3.8) is 0 Å². The van der Waals surface area contributed by atoms with Crippen LogP contribution in [0.2, 0.25) is 0 Å². The Morgan fingerprint density at radius 3 is 1.92 bits per heavy atom. The summed E-state index contributed by atoms with van der Waals surface area (Å²) < 4.78 is 13.8. The summed E-state index contributed by atoms with van der Waals surface area (Å²) in [5.41, 5.74) is 1.18. The van der Waals surface area contributed by atoms with Crippen LogP contribution in [0.3, 0.4) is 0 Å². The zero-order valence-electron chi connectivity index (χ0n) is 13.1. The molecule has 0 aromatic heterocycles. The summed E-state index contributed by atoms with van der Waals surface area (Å²) in [6.07, 6.45) is 0. The van der Waals surface area contributed by atoms with Crippen LogP contribution >= 0.6 is 0 Å². The number of rotatable bonds is 4. The van der Waals surface area contributed by atoms with E-state index in [4.69, 9.17) is 0 Å². The lowest BCUT2D eigenvalue weighted by Crippen LogP contribution is -2.14. The van der Waals surface area contributed by atoms with Gasteiger partial charge < -0.3 is 16.0 Å². The van der Waals surface area contributed by atoms with E-state index in [1.165, 1.54) is 38.1 Å². The van der Waals surface area contributed by atoms with E-state index in [2.05, 4.69) is 16.0 Å². The third-order valence-electron chi connectivity index (χ3n) is 3.00. The third-order valence-corrected chi connectivity index (χ3v) is 3.00. The van der Waals surface area contributed by atoms with Crippen LogP contribution in [0, 0.1) is 5.82 Å². The Balaban J connectivity index is 2.14. The van der Waals surface area contributed by atoms with Crippen molar-refractivity contribution in [2.45, 2.75) is 13.8 Å². The molecule has 0 heterocycles. The summed E-state index contributed by atoms with van der Waals surface area (Å²) in [5, 5.41) is 7.55. The first-order chi connectivity index (χ1) is 11.3. The highest BCUT2D eigenvalue weighted by Crippen LogP contribution is 2.21. The van der Waals surface area contributed by atoms with Gasteiger partial charge in [-0.2, -0.15) is 0 Å². The first kappa shape index (κ1) is 17.1. The Kier molecular flexibility index (Phi) is 5.26. The molecule has 24 heavy (non-hydrogen) atoms. The highest BCUT2D eigenvalue weighted by molar-refractivity contribution is 6.05. The van der Waals surface area contributed by atoms with Crippen molar-refractivity contribution < 1.29 is 18.8 Å². The molecular formula is C17H16FN3O3. The van der Waals surface area contributed by atoms with Gasteiger partial charge in [0.1, 0.15) is 5.82 Å². The van der Waals surface area contributed by atoms with Crippen LogP contribution < -0.4 is 16.0 Å². The summed E-state index contributed by atoms with van der Waals surface area (Å²) >= 11 is 0. The standard InChI is InChI=1S/C17H16FN3O3/c1-10(22)19-13-5-3-12(4-6-13)17(24)21-16-9-14(20-11(2)23)7-8-15(16)18/h3-9H,1-2H3,(H,19,22)(H,20,23)(H,21,24). The van der Waals surface area contributed by atoms with Gasteiger partial charge in [-0.25, -0.2) is 4.39 Å². The van der Waals surface area contributed by atoms with E-state index in [-0.39, 0.29) is 17.5 Å². The lowest BCUT2D eigenvalue weighted by Gasteiger charge is -2.10. The molecule has 0 radical (unpaired) electrons. The predicted octanol–water partition coefficient (Wildman–Crippen LogP) is 2.99. The Bertz CT molecular complexity index is 788. The summed E-state index contributed by atoms with van der Waals surface area (Å²) in [6.45, 7) is 2.71. The monoisotopic (exact) mass is 329 g/mol. The highest BCUT2D eigenvalue weighted by Gasteiger charge is 2.11. The zero-order chi connectivity index (χ0) is 17.7. The number of benzene rings is 2.